The van der Waals surface area contributed by atoms with Crippen LogP contribution >= 0.6 is 11.6 Å². The molecule has 2 nitrogen and oxygen atoms in total. The lowest BCUT2D eigenvalue weighted by atomic mass is 10.1. The second kappa shape index (κ2) is 5.48. The van der Waals surface area contributed by atoms with E-state index in [0.29, 0.717) is 6.42 Å². The summed E-state index contributed by atoms with van der Waals surface area (Å²) in [7, 11) is 0. The van der Waals surface area contributed by atoms with Crippen molar-refractivity contribution in [2.45, 2.75) is 44.4 Å². The summed E-state index contributed by atoms with van der Waals surface area (Å²) in [6.07, 6.45) is 4.90. The van der Waals surface area contributed by atoms with Gasteiger partial charge in [0.1, 0.15) is 0 Å². The SMILES string of the molecule is CCCCC(=O)N1CCCC(Cl)C1. The van der Waals surface area contributed by atoms with E-state index < -0.39 is 0 Å². The number of piperidine rings is 1. The maximum Gasteiger partial charge on any atom is 0.222 e. The molecule has 1 heterocycles. The van der Waals surface area contributed by atoms with Crippen molar-refractivity contribution in [2.24, 2.45) is 0 Å². The third-order valence-electron chi connectivity index (χ3n) is 2.46. The topological polar surface area (TPSA) is 20.3 Å². The molecule has 13 heavy (non-hydrogen) atoms. The molecule has 0 bridgehead atoms. The summed E-state index contributed by atoms with van der Waals surface area (Å²) in [5, 5.41) is 0.180. The zero-order valence-corrected chi connectivity index (χ0v) is 9.02. The van der Waals surface area contributed by atoms with Crippen LogP contribution in [0, 0.1) is 0 Å². The highest BCUT2D eigenvalue weighted by Gasteiger charge is 2.21. The summed E-state index contributed by atoms with van der Waals surface area (Å²) in [5.74, 6) is 0.284. The van der Waals surface area contributed by atoms with E-state index in [1.54, 1.807) is 0 Å². The van der Waals surface area contributed by atoms with E-state index in [4.69, 9.17) is 11.6 Å². The molecule has 0 spiro atoms. The Kier molecular flexibility index (Phi) is 4.57. The highest BCUT2D eigenvalue weighted by molar-refractivity contribution is 6.20. The lowest BCUT2D eigenvalue weighted by Gasteiger charge is -2.29. The van der Waals surface area contributed by atoms with Crippen molar-refractivity contribution >= 4 is 17.5 Å². The number of alkyl halides is 1. The first kappa shape index (κ1) is 10.8. The monoisotopic (exact) mass is 203 g/mol. The minimum absolute atomic E-state index is 0.180. The van der Waals surface area contributed by atoms with Crippen LogP contribution in [0.1, 0.15) is 39.0 Å². The molecule has 1 aliphatic heterocycles. The Bertz CT molecular complexity index is 172. The molecule has 0 radical (unpaired) electrons. The fourth-order valence-corrected chi connectivity index (χ4v) is 1.96. The molecule has 1 unspecified atom stereocenters. The second-order valence-corrected chi connectivity index (χ2v) is 4.30. The van der Waals surface area contributed by atoms with Crippen LogP contribution in [0.2, 0.25) is 0 Å². The number of nitrogens with zero attached hydrogens (tertiary/aromatic N) is 1. The Morgan fingerprint density at radius 3 is 3.00 bits per heavy atom. The molecule has 1 fully saturated rings. The van der Waals surface area contributed by atoms with Crippen LogP contribution in [0.5, 0.6) is 0 Å². The Morgan fingerprint density at radius 2 is 2.38 bits per heavy atom. The molecule has 0 aromatic heterocycles. The van der Waals surface area contributed by atoms with Crippen molar-refractivity contribution in [1.82, 2.24) is 4.90 Å². The van der Waals surface area contributed by atoms with Crippen molar-refractivity contribution < 1.29 is 4.79 Å². The van der Waals surface area contributed by atoms with Crippen LogP contribution in [-0.4, -0.2) is 29.3 Å². The van der Waals surface area contributed by atoms with Gasteiger partial charge in [0.2, 0.25) is 5.91 Å². The molecule has 0 N–H and O–H groups in total. The minimum atomic E-state index is 0.180. The van der Waals surface area contributed by atoms with Gasteiger partial charge in [-0.05, 0) is 19.3 Å². The Hall–Kier alpha value is -0.240. The zero-order chi connectivity index (χ0) is 9.68. The molecule has 76 valence electrons. The number of hydrogen-bond donors (Lipinski definition) is 0. The summed E-state index contributed by atoms with van der Waals surface area (Å²) in [4.78, 5) is 13.5. The number of unbranched alkanes of at least 4 members (excludes halogenated alkanes) is 1. The molecule has 0 aromatic rings. The van der Waals surface area contributed by atoms with Gasteiger partial charge in [0.05, 0.1) is 5.38 Å². The number of hydrogen-bond acceptors (Lipinski definition) is 1. The number of rotatable bonds is 3. The van der Waals surface area contributed by atoms with Crippen molar-refractivity contribution in [2.75, 3.05) is 13.1 Å². The molecule has 1 rings (SSSR count). The van der Waals surface area contributed by atoms with Gasteiger partial charge in [-0.1, -0.05) is 13.3 Å². The fourth-order valence-electron chi connectivity index (χ4n) is 1.64. The average Bonchev–Trinajstić information content (AvgIpc) is 2.14. The quantitative estimate of drug-likeness (QED) is 0.646. The van der Waals surface area contributed by atoms with Gasteiger partial charge in [0.15, 0.2) is 0 Å². The number of carbonyl (C=O) groups is 1. The Labute approximate surface area is 85.2 Å². The van der Waals surface area contributed by atoms with E-state index in [9.17, 15) is 4.79 Å². The summed E-state index contributed by atoms with van der Waals surface area (Å²) < 4.78 is 0. The van der Waals surface area contributed by atoms with Crippen LogP contribution in [0.15, 0.2) is 0 Å². The largest absolute Gasteiger partial charge is 0.341 e. The number of carbonyl (C=O) groups excluding carboxylic acids is 1. The van der Waals surface area contributed by atoms with Gasteiger partial charge in [0, 0.05) is 19.5 Å². The van der Waals surface area contributed by atoms with E-state index in [-0.39, 0.29) is 11.3 Å². The second-order valence-electron chi connectivity index (χ2n) is 3.68. The van der Waals surface area contributed by atoms with Gasteiger partial charge >= 0.3 is 0 Å². The van der Waals surface area contributed by atoms with E-state index >= 15 is 0 Å². The van der Waals surface area contributed by atoms with E-state index in [1.165, 1.54) is 0 Å². The first-order chi connectivity index (χ1) is 6.24. The third-order valence-corrected chi connectivity index (χ3v) is 2.82. The smallest absolute Gasteiger partial charge is 0.222 e. The molecule has 0 aromatic carbocycles. The van der Waals surface area contributed by atoms with E-state index in [1.807, 2.05) is 4.90 Å². The lowest BCUT2D eigenvalue weighted by molar-refractivity contribution is -0.132. The standard InChI is InChI=1S/C10H18ClNO/c1-2-3-6-10(13)12-7-4-5-9(11)8-12/h9H,2-8H2,1H3. The Morgan fingerprint density at radius 1 is 1.62 bits per heavy atom. The van der Waals surface area contributed by atoms with Crippen LogP contribution in [0.3, 0.4) is 0 Å². The molecule has 1 saturated heterocycles. The summed E-state index contributed by atoms with van der Waals surface area (Å²) in [6, 6.07) is 0. The van der Waals surface area contributed by atoms with Crippen molar-refractivity contribution in [3.05, 3.63) is 0 Å². The molecule has 0 aliphatic carbocycles. The summed E-state index contributed by atoms with van der Waals surface area (Å²) in [5.41, 5.74) is 0. The highest BCUT2D eigenvalue weighted by atomic mass is 35.5. The molecule has 1 amide bonds. The summed E-state index contributed by atoms with van der Waals surface area (Å²) in [6.45, 7) is 3.77. The predicted molar refractivity (Wildman–Crippen MR) is 55.0 cm³/mol. The van der Waals surface area contributed by atoms with Crippen LogP contribution in [-0.2, 0) is 4.79 Å². The molecular weight excluding hydrogens is 186 g/mol. The summed E-state index contributed by atoms with van der Waals surface area (Å²) >= 11 is 6.00. The maximum atomic E-state index is 11.6. The Balaban J connectivity index is 2.28. The van der Waals surface area contributed by atoms with Crippen LogP contribution in [0.25, 0.3) is 0 Å². The van der Waals surface area contributed by atoms with Gasteiger partial charge in [-0.3, -0.25) is 4.79 Å². The number of likely N-dealkylation sites (tertiary alicyclic amines) is 1. The fraction of sp³-hybridized carbons (Fsp3) is 0.900. The number of halogens is 1. The van der Waals surface area contributed by atoms with Crippen molar-refractivity contribution in [3.8, 4) is 0 Å². The van der Waals surface area contributed by atoms with Gasteiger partial charge in [-0.15, -0.1) is 11.6 Å². The number of amides is 1. The molecule has 3 heteroatoms. The van der Waals surface area contributed by atoms with Crippen molar-refractivity contribution in [3.63, 3.8) is 0 Å². The normalized spacial score (nSPS) is 23.2. The van der Waals surface area contributed by atoms with E-state index in [0.717, 1.165) is 38.8 Å². The molecule has 1 atom stereocenters. The predicted octanol–water partition coefficient (Wildman–Crippen LogP) is 2.41. The van der Waals surface area contributed by atoms with Crippen LogP contribution in [0.4, 0.5) is 0 Å². The first-order valence-electron chi connectivity index (χ1n) is 5.16. The molecular formula is C10H18ClNO. The maximum absolute atomic E-state index is 11.6. The molecule has 0 saturated carbocycles. The van der Waals surface area contributed by atoms with Crippen molar-refractivity contribution in [1.29, 1.82) is 0 Å². The van der Waals surface area contributed by atoms with E-state index in [2.05, 4.69) is 6.92 Å². The highest BCUT2D eigenvalue weighted by Crippen LogP contribution is 2.16. The average molecular weight is 204 g/mol. The third kappa shape index (κ3) is 3.55. The lowest BCUT2D eigenvalue weighted by Crippen LogP contribution is -2.40. The van der Waals surface area contributed by atoms with Gasteiger partial charge in [0.25, 0.3) is 0 Å². The van der Waals surface area contributed by atoms with Gasteiger partial charge < -0.3 is 4.90 Å². The van der Waals surface area contributed by atoms with Crippen LogP contribution < -0.4 is 0 Å². The first-order valence-corrected chi connectivity index (χ1v) is 5.59. The van der Waals surface area contributed by atoms with Gasteiger partial charge in [-0.2, -0.15) is 0 Å². The van der Waals surface area contributed by atoms with Gasteiger partial charge in [-0.25, -0.2) is 0 Å². The molecule has 1 aliphatic rings. The minimum Gasteiger partial charge on any atom is -0.341 e. The zero-order valence-electron chi connectivity index (χ0n) is 8.26.